The topological polar surface area (TPSA) is 146 Å². The molecule has 0 saturated carbocycles. The van der Waals surface area contributed by atoms with E-state index in [4.69, 9.17) is 25.4 Å². The van der Waals surface area contributed by atoms with E-state index in [1.165, 1.54) is 42.1 Å². The smallest absolute Gasteiger partial charge is 0.407 e. The molecule has 0 aliphatic heterocycles. The van der Waals surface area contributed by atoms with Gasteiger partial charge in [-0.1, -0.05) is 42.8 Å². The Balaban J connectivity index is 1.28. The Morgan fingerprint density at radius 1 is 1.08 bits per heavy atom. The number of benzene rings is 3. The van der Waals surface area contributed by atoms with Crippen LogP contribution in [0.25, 0.3) is 21.3 Å². The van der Waals surface area contributed by atoms with Gasteiger partial charge in [0.25, 0.3) is 5.69 Å². The number of carbonyl (C=O) groups is 2. The molecule has 3 aromatic carbocycles. The van der Waals surface area contributed by atoms with Crippen molar-refractivity contribution in [2.24, 2.45) is 0 Å². The first-order chi connectivity index (χ1) is 22.9. The number of alkyl carbamates (subject to hydrolysis) is 1. The molecule has 1 aliphatic rings. The van der Waals surface area contributed by atoms with Crippen LogP contribution in [0.2, 0.25) is 5.02 Å². The first kappa shape index (κ1) is 33.0. The Hall–Kier alpha value is -4.94. The molecule has 3 unspecified atom stereocenters. The van der Waals surface area contributed by atoms with Crippen molar-refractivity contribution in [2.45, 2.75) is 57.7 Å². The summed E-state index contributed by atoms with van der Waals surface area (Å²) in [5.41, 5.74) is 4.43. The summed E-state index contributed by atoms with van der Waals surface area (Å²) in [6, 6.07) is 18.9. The van der Waals surface area contributed by atoms with Gasteiger partial charge in [-0.15, -0.1) is 0 Å². The maximum atomic E-state index is 12.9. The third kappa shape index (κ3) is 6.99. The summed E-state index contributed by atoms with van der Waals surface area (Å²) in [7, 11) is 0. The normalized spacial score (nSPS) is 16.3. The fourth-order valence-electron chi connectivity index (χ4n) is 5.88. The van der Waals surface area contributed by atoms with Gasteiger partial charge in [0, 0.05) is 46.1 Å². The molecule has 6 rings (SSSR count). The van der Waals surface area contributed by atoms with Gasteiger partial charge in [-0.3, -0.25) is 10.1 Å². The summed E-state index contributed by atoms with van der Waals surface area (Å²) in [5, 5.41) is 15.5. The van der Waals surface area contributed by atoms with E-state index in [0.29, 0.717) is 17.1 Å². The summed E-state index contributed by atoms with van der Waals surface area (Å²) in [6.45, 7) is 7.77. The summed E-state index contributed by atoms with van der Waals surface area (Å²) in [4.78, 5) is 45.1. The van der Waals surface area contributed by atoms with Crippen molar-refractivity contribution in [1.29, 1.82) is 0 Å². The van der Waals surface area contributed by atoms with Crippen molar-refractivity contribution in [2.75, 3.05) is 6.54 Å². The third-order valence-corrected chi connectivity index (χ3v) is 9.14. The standard InChI is InChI=1S/C35H32ClN5O6S/c1-19-15-27(46-33(42)21-7-12-24(13-8-21)41(44)45)32-29(19)30(38-18-39-32)22-9-14-25-28(16-22)48-40-31(25)26(20-5-10-23(36)11-6-20)17-37-34(43)47-35(2,3)4/h5-14,16,18-19,26-27H,15,17H2,1-4H3,(H,37,43). The Morgan fingerprint density at radius 3 is 2.50 bits per heavy atom. The highest BCUT2D eigenvalue weighted by Crippen LogP contribution is 2.45. The zero-order valence-corrected chi connectivity index (χ0v) is 28.2. The van der Waals surface area contributed by atoms with Crippen molar-refractivity contribution >= 4 is 51.0 Å². The molecule has 2 aromatic heterocycles. The zero-order valence-electron chi connectivity index (χ0n) is 26.6. The largest absolute Gasteiger partial charge is 0.452 e. The molecule has 13 heteroatoms. The molecule has 5 aromatic rings. The summed E-state index contributed by atoms with van der Waals surface area (Å²) < 4.78 is 17.1. The van der Waals surface area contributed by atoms with Gasteiger partial charge in [-0.25, -0.2) is 19.6 Å². The SMILES string of the molecule is CC1CC(OC(=O)c2ccc([N+](=O)[O-])cc2)c2ncnc(-c3ccc4c(C(CNC(=O)OC(C)(C)C)c5ccc(Cl)cc5)nsc4c3)c21. The number of nitro groups is 1. The number of amides is 1. The number of ether oxygens (including phenoxy) is 2. The van der Waals surface area contributed by atoms with Crippen LogP contribution in [0.5, 0.6) is 0 Å². The molecule has 0 spiro atoms. The lowest BCUT2D eigenvalue weighted by Gasteiger charge is -2.22. The van der Waals surface area contributed by atoms with Crippen LogP contribution in [0.3, 0.4) is 0 Å². The average molecular weight is 686 g/mol. The second-order valence-corrected chi connectivity index (χ2v) is 13.9. The number of fused-ring (bicyclic) bond motifs is 2. The molecule has 2 heterocycles. The van der Waals surface area contributed by atoms with Gasteiger partial charge < -0.3 is 14.8 Å². The average Bonchev–Trinajstić information content (AvgIpc) is 3.61. The predicted octanol–water partition coefficient (Wildman–Crippen LogP) is 8.38. The van der Waals surface area contributed by atoms with Crippen molar-refractivity contribution in [3.05, 3.63) is 116 Å². The molecule has 0 saturated heterocycles. The second-order valence-electron chi connectivity index (χ2n) is 12.6. The van der Waals surface area contributed by atoms with Gasteiger partial charge in [0.05, 0.1) is 32.3 Å². The van der Waals surface area contributed by atoms with Crippen LogP contribution in [0.4, 0.5) is 10.5 Å². The Bertz CT molecular complexity index is 2010. The summed E-state index contributed by atoms with van der Waals surface area (Å²) in [5.74, 6) is -0.833. The predicted molar refractivity (Wildman–Crippen MR) is 182 cm³/mol. The molecule has 11 nitrogen and oxygen atoms in total. The Labute approximate surface area is 285 Å². The minimum absolute atomic E-state index is 0.00629. The van der Waals surface area contributed by atoms with Crippen molar-refractivity contribution in [1.82, 2.24) is 19.7 Å². The molecule has 0 fully saturated rings. The Morgan fingerprint density at radius 2 is 1.81 bits per heavy atom. The highest BCUT2D eigenvalue weighted by molar-refractivity contribution is 7.13. The van der Waals surface area contributed by atoms with E-state index in [-0.39, 0.29) is 29.6 Å². The quantitative estimate of drug-likeness (QED) is 0.0966. The molecule has 1 N–H and O–H groups in total. The van der Waals surface area contributed by atoms with Crippen molar-refractivity contribution in [3.8, 4) is 11.3 Å². The zero-order chi connectivity index (χ0) is 34.2. The van der Waals surface area contributed by atoms with E-state index < -0.39 is 28.7 Å². The van der Waals surface area contributed by atoms with Gasteiger partial charge in [0.2, 0.25) is 0 Å². The number of carbonyl (C=O) groups excluding carboxylic acids is 2. The Kier molecular flexibility index (Phi) is 9.13. The van der Waals surface area contributed by atoms with Crippen LogP contribution in [-0.4, -0.2) is 43.5 Å². The third-order valence-electron chi connectivity index (χ3n) is 8.07. The number of halogens is 1. The molecule has 48 heavy (non-hydrogen) atoms. The fourth-order valence-corrected chi connectivity index (χ4v) is 6.87. The number of hydrogen-bond acceptors (Lipinski definition) is 10. The first-order valence-corrected chi connectivity index (χ1v) is 16.5. The van der Waals surface area contributed by atoms with E-state index in [1.54, 1.807) is 0 Å². The lowest BCUT2D eigenvalue weighted by atomic mass is 9.92. The van der Waals surface area contributed by atoms with Crippen LogP contribution >= 0.6 is 23.1 Å². The monoisotopic (exact) mass is 685 g/mol. The highest BCUT2D eigenvalue weighted by atomic mass is 35.5. The van der Waals surface area contributed by atoms with Crippen LogP contribution in [0.15, 0.2) is 73.1 Å². The number of rotatable bonds is 8. The number of non-ortho nitro benzene ring substituents is 1. The minimum atomic E-state index is -0.628. The minimum Gasteiger partial charge on any atom is -0.452 e. The van der Waals surface area contributed by atoms with Gasteiger partial charge in [-0.2, -0.15) is 4.37 Å². The van der Waals surface area contributed by atoms with Crippen LogP contribution in [-0.2, 0) is 9.47 Å². The number of nitrogens with zero attached hydrogens (tertiary/aromatic N) is 4. The number of hydrogen-bond donors (Lipinski definition) is 1. The van der Waals surface area contributed by atoms with Gasteiger partial charge in [-0.05, 0) is 80.5 Å². The van der Waals surface area contributed by atoms with E-state index in [9.17, 15) is 19.7 Å². The second kappa shape index (κ2) is 13.3. The van der Waals surface area contributed by atoms with Gasteiger partial charge in [0.15, 0.2) is 0 Å². The van der Waals surface area contributed by atoms with E-state index in [1.807, 2.05) is 70.2 Å². The number of nitrogens with one attached hydrogen (secondary N) is 1. The van der Waals surface area contributed by atoms with Crippen LogP contribution in [0.1, 0.15) is 84.9 Å². The molecule has 1 aliphatic carbocycles. The first-order valence-electron chi connectivity index (χ1n) is 15.3. The lowest BCUT2D eigenvalue weighted by Crippen LogP contribution is -2.35. The molecule has 246 valence electrons. The van der Waals surface area contributed by atoms with E-state index >= 15 is 0 Å². The molecular formula is C35H32ClN5O6S. The van der Waals surface area contributed by atoms with Gasteiger partial charge >= 0.3 is 12.1 Å². The number of esters is 1. The van der Waals surface area contributed by atoms with Crippen LogP contribution in [0, 0.1) is 10.1 Å². The maximum Gasteiger partial charge on any atom is 0.407 e. The summed E-state index contributed by atoms with van der Waals surface area (Å²) in [6.07, 6.45) is 0.905. The summed E-state index contributed by atoms with van der Waals surface area (Å²) >= 11 is 7.54. The fraction of sp³-hybridized carbons (Fsp3) is 0.286. The van der Waals surface area contributed by atoms with Gasteiger partial charge in [0.1, 0.15) is 18.0 Å². The number of aromatic nitrogens is 3. The van der Waals surface area contributed by atoms with E-state index in [2.05, 4.69) is 15.3 Å². The molecule has 0 radical (unpaired) electrons. The molecular weight excluding hydrogens is 654 g/mol. The van der Waals surface area contributed by atoms with E-state index in [0.717, 1.165) is 38.2 Å². The van der Waals surface area contributed by atoms with Crippen molar-refractivity contribution < 1.29 is 24.0 Å². The number of nitro benzene ring substituents is 1. The van der Waals surface area contributed by atoms with Crippen molar-refractivity contribution in [3.63, 3.8) is 0 Å². The molecule has 1 amide bonds. The molecule has 3 atom stereocenters. The lowest BCUT2D eigenvalue weighted by molar-refractivity contribution is -0.384. The highest BCUT2D eigenvalue weighted by Gasteiger charge is 2.36. The maximum absolute atomic E-state index is 12.9. The van der Waals surface area contributed by atoms with Crippen LogP contribution < -0.4 is 5.32 Å². The molecule has 0 bridgehead atoms.